The summed E-state index contributed by atoms with van der Waals surface area (Å²) in [5, 5.41) is 8.62. The van der Waals surface area contributed by atoms with Gasteiger partial charge in [-0.25, -0.2) is 4.79 Å². The molecule has 0 atom stereocenters. The number of rotatable bonds is 7. The number of halogens is 2. The lowest BCUT2D eigenvalue weighted by atomic mass is 10.2. The molecule has 0 saturated heterocycles. The van der Waals surface area contributed by atoms with Crippen molar-refractivity contribution >= 4 is 43.9 Å². The van der Waals surface area contributed by atoms with Crippen LogP contribution in [0.2, 0.25) is 0 Å². The Labute approximate surface area is 135 Å². The van der Waals surface area contributed by atoms with Crippen LogP contribution >= 0.6 is 31.9 Å². The van der Waals surface area contributed by atoms with Crippen molar-refractivity contribution in [3.8, 4) is 5.75 Å². The number of benzene rings is 1. The smallest absolute Gasteiger partial charge is 0.328 e. The molecule has 0 bridgehead atoms. The maximum Gasteiger partial charge on any atom is 0.328 e. The van der Waals surface area contributed by atoms with Crippen LogP contribution in [-0.4, -0.2) is 43.2 Å². The molecule has 110 valence electrons. The SMILES string of the molecule is CN(C)CCCOc1c(Br)cc(/C=C/C(=O)O)cc1Br. The van der Waals surface area contributed by atoms with Gasteiger partial charge in [0.15, 0.2) is 0 Å². The minimum atomic E-state index is -0.971. The molecule has 1 rings (SSSR count). The number of ether oxygens (including phenoxy) is 1. The van der Waals surface area contributed by atoms with Crippen LogP contribution in [0, 0.1) is 0 Å². The molecule has 0 aliphatic rings. The van der Waals surface area contributed by atoms with E-state index < -0.39 is 5.97 Å². The predicted molar refractivity (Wildman–Crippen MR) is 87.2 cm³/mol. The molecular weight excluding hydrogens is 390 g/mol. The van der Waals surface area contributed by atoms with Gasteiger partial charge in [0.2, 0.25) is 0 Å². The molecule has 0 amide bonds. The second-order valence-corrected chi connectivity index (χ2v) is 6.20. The summed E-state index contributed by atoms with van der Waals surface area (Å²) >= 11 is 6.88. The second kappa shape index (κ2) is 8.44. The highest BCUT2D eigenvalue weighted by atomic mass is 79.9. The van der Waals surface area contributed by atoms with Crippen LogP contribution in [0.4, 0.5) is 0 Å². The van der Waals surface area contributed by atoms with Crippen LogP contribution in [0.5, 0.6) is 5.75 Å². The highest BCUT2D eigenvalue weighted by molar-refractivity contribution is 9.11. The normalized spacial score (nSPS) is 11.2. The van der Waals surface area contributed by atoms with Crippen molar-refractivity contribution in [1.82, 2.24) is 4.90 Å². The fourth-order valence-electron chi connectivity index (χ4n) is 1.54. The lowest BCUT2D eigenvalue weighted by Gasteiger charge is -2.13. The molecule has 1 N–H and O–H groups in total. The summed E-state index contributed by atoms with van der Waals surface area (Å²) in [5.41, 5.74) is 0.784. The van der Waals surface area contributed by atoms with E-state index in [0.29, 0.717) is 6.61 Å². The van der Waals surface area contributed by atoms with E-state index in [9.17, 15) is 4.79 Å². The fraction of sp³-hybridized carbons (Fsp3) is 0.357. The lowest BCUT2D eigenvalue weighted by Crippen LogP contribution is -2.15. The first kappa shape index (κ1) is 17.2. The molecule has 0 fully saturated rings. The first-order chi connectivity index (χ1) is 9.40. The lowest BCUT2D eigenvalue weighted by molar-refractivity contribution is -0.131. The maximum absolute atomic E-state index is 10.5. The first-order valence-electron chi connectivity index (χ1n) is 6.07. The molecule has 0 heterocycles. The summed E-state index contributed by atoms with van der Waals surface area (Å²) in [5.74, 6) is -0.238. The van der Waals surface area contributed by atoms with Crippen molar-refractivity contribution in [1.29, 1.82) is 0 Å². The molecular formula is C14H17Br2NO3. The summed E-state index contributed by atoms with van der Waals surface area (Å²) in [6.45, 7) is 1.59. The predicted octanol–water partition coefficient (Wildman–Crippen LogP) is 3.64. The molecule has 0 aliphatic heterocycles. The van der Waals surface area contributed by atoms with Gasteiger partial charge in [-0.05, 0) is 76.1 Å². The zero-order chi connectivity index (χ0) is 15.1. The van der Waals surface area contributed by atoms with Gasteiger partial charge in [-0.1, -0.05) is 0 Å². The molecule has 0 spiro atoms. The van der Waals surface area contributed by atoms with Crippen molar-refractivity contribution in [3.63, 3.8) is 0 Å². The summed E-state index contributed by atoms with van der Waals surface area (Å²) in [6.07, 6.45) is 3.58. The molecule has 6 heteroatoms. The van der Waals surface area contributed by atoms with Gasteiger partial charge in [0.25, 0.3) is 0 Å². The largest absolute Gasteiger partial charge is 0.491 e. The third-order valence-electron chi connectivity index (χ3n) is 2.44. The number of nitrogens with zero attached hydrogens (tertiary/aromatic N) is 1. The van der Waals surface area contributed by atoms with Gasteiger partial charge < -0.3 is 14.7 Å². The van der Waals surface area contributed by atoms with Crippen LogP contribution in [0.1, 0.15) is 12.0 Å². The Morgan fingerprint density at radius 3 is 2.45 bits per heavy atom. The third-order valence-corrected chi connectivity index (χ3v) is 3.61. The molecule has 0 saturated carbocycles. The molecule has 4 nitrogen and oxygen atoms in total. The number of hydrogen-bond acceptors (Lipinski definition) is 3. The highest BCUT2D eigenvalue weighted by Crippen LogP contribution is 2.35. The van der Waals surface area contributed by atoms with Gasteiger partial charge in [0.1, 0.15) is 5.75 Å². The van der Waals surface area contributed by atoms with Crippen molar-refractivity contribution in [2.75, 3.05) is 27.2 Å². The molecule has 0 aromatic heterocycles. The summed E-state index contributed by atoms with van der Waals surface area (Å²) in [6, 6.07) is 3.65. The van der Waals surface area contributed by atoms with E-state index >= 15 is 0 Å². The molecule has 0 aliphatic carbocycles. The first-order valence-corrected chi connectivity index (χ1v) is 7.66. The zero-order valence-electron chi connectivity index (χ0n) is 11.4. The van der Waals surface area contributed by atoms with Gasteiger partial charge >= 0.3 is 5.97 Å². The molecule has 1 aromatic carbocycles. The van der Waals surface area contributed by atoms with E-state index in [1.165, 1.54) is 6.08 Å². The van der Waals surface area contributed by atoms with Gasteiger partial charge in [0, 0.05) is 12.6 Å². The standard InChI is InChI=1S/C14H17Br2NO3/c1-17(2)6-3-7-20-14-11(15)8-10(9-12(14)16)4-5-13(18)19/h4-5,8-9H,3,6-7H2,1-2H3,(H,18,19)/b5-4+. The molecule has 20 heavy (non-hydrogen) atoms. The molecule has 1 aromatic rings. The van der Waals surface area contributed by atoms with Crippen LogP contribution in [0.15, 0.2) is 27.2 Å². The molecule has 0 unspecified atom stereocenters. The van der Waals surface area contributed by atoms with Crippen LogP contribution in [-0.2, 0) is 4.79 Å². The van der Waals surface area contributed by atoms with Crippen LogP contribution in [0.25, 0.3) is 6.08 Å². The number of aliphatic carboxylic acids is 1. The summed E-state index contributed by atoms with van der Waals surface area (Å²) in [7, 11) is 4.05. The minimum Gasteiger partial charge on any atom is -0.491 e. The van der Waals surface area contributed by atoms with Crippen molar-refractivity contribution in [3.05, 3.63) is 32.7 Å². The summed E-state index contributed by atoms with van der Waals surface area (Å²) in [4.78, 5) is 12.6. The molecule has 0 radical (unpaired) electrons. The Balaban J connectivity index is 2.71. The van der Waals surface area contributed by atoms with Crippen LogP contribution < -0.4 is 4.74 Å². The van der Waals surface area contributed by atoms with Gasteiger partial charge in [-0.3, -0.25) is 0 Å². The number of hydrogen-bond donors (Lipinski definition) is 1. The Morgan fingerprint density at radius 2 is 1.95 bits per heavy atom. The number of carboxylic acid groups (broad SMARTS) is 1. The Bertz CT molecular complexity index is 478. The highest BCUT2D eigenvalue weighted by Gasteiger charge is 2.08. The average Bonchev–Trinajstić information content (AvgIpc) is 2.34. The van der Waals surface area contributed by atoms with Crippen LogP contribution in [0.3, 0.4) is 0 Å². The third kappa shape index (κ3) is 6.07. The Morgan fingerprint density at radius 1 is 1.35 bits per heavy atom. The van der Waals surface area contributed by atoms with Crippen molar-refractivity contribution < 1.29 is 14.6 Å². The van der Waals surface area contributed by atoms with E-state index in [4.69, 9.17) is 9.84 Å². The van der Waals surface area contributed by atoms with E-state index in [0.717, 1.165) is 39.3 Å². The van der Waals surface area contributed by atoms with E-state index in [-0.39, 0.29) is 0 Å². The topological polar surface area (TPSA) is 49.8 Å². The zero-order valence-corrected chi connectivity index (χ0v) is 14.6. The maximum atomic E-state index is 10.5. The van der Waals surface area contributed by atoms with E-state index in [1.807, 2.05) is 26.2 Å². The van der Waals surface area contributed by atoms with Crippen molar-refractivity contribution in [2.24, 2.45) is 0 Å². The number of carboxylic acids is 1. The monoisotopic (exact) mass is 405 g/mol. The van der Waals surface area contributed by atoms with Gasteiger partial charge in [-0.2, -0.15) is 0 Å². The second-order valence-electron chi connectivity index (χ2n) is 4.49. The minimum absolute atomic E-state index is 0.625. The summed E-state index contributed by atoms with van der Waals surface area (Å²) < 4.78 is 7.32. The fourth-order valence-corrected chi connectivity index (χ4v) is 2.99. The van der Waals surface area contributed by atoms with Gasteiger partial charge in [0.05, 0.1) is 15.6 Å². The number of carbonyl (C=O) groups is 1. The van der Waals surface area contributed by atoms with E-state index in [1.54, 1.807) is 0 Å². The quantitative estimate of drug-likeness (QED) is 0.554. The Hall–Kier alpha value is -0.850. The van der Waals surface area contributed by atoms with Gasteiger partial charge in [-0.15, -0.1) is 0 Å². The average molecular weight is 407 g/mol. The van der Waals surface area contributed by atoms with E-state index in [2.05, 4.69) is 36.8 Å². The Kier molecular flexibility index (Phi) is 7.26. The van der Waals surface area contributed by atoms with Crippen molar-refractivity contribution in [2.45, 2.75) is 6.42 Å².